The van der Waals surface area contributed by atoms with Crippen molar-refractivity contribution in [2.24, 2.45) is 0 Å². The van der Waals surface area contributed by atoms with Gasteiger partial charge >= 0.3 is 0 Å². The van der Waals surface area contributed by atoms with Gasteiger partial charge in [0.25, 0.3) is 0 Å². The van der Waals surface area contributed by atoms with Gasteiger partial charge in [0.05, 0.1) is 0 Å². The van der Waals surface area contributed by atoms with Crippen LogP contribution < -0.4 is 4.74 Å². The van der Waals surface area contributed by atoms with Gasteiger partial charge in [-0.05, 0) is 18.6 Å². The summed E-state index contributed by atoms with van der Waals surface area (Å²) < 4.78 is 18.5. The lowest BCUT2D eigenvalue weighted by Gasteiger charge is -2.08. The Morgan fingerprint density at radius 2 is 2.19 bits per heavy atom. The highest BCUT2D eigenvalue weighted by Gasteiger charge is 2.08. The SMILES string of the molecule is CCc1cc(OCC=C(Cl)Cl)cc(F)c1O. The van der Waals surface area contributed by atoms with Gasteiger partial charge < -0.3 is 9.84 Å². The highest BCUT2D eigenvalue weighted by atomic mass is 35.5. The van der Waals surface area contributed by atoms with Crippen molar-refractivity contribution < 1.29 is 14.2 Å². The minimum absolute atomic E-state index is 0.0926. The summed E-state index contributed by atoms with van der Waals surface area (Å²) in [4.78, 5) is 0. The molecule has 1 aromatic rings. The molecule has 0 bridgehead atoms. The molecule has 0 saturated carbocycles. The largest absolute Gasteiger partial charge is 0.505 e. The standard InChI is InChI=1S/C11H11Cl2FO2/c1-2-7-5-8(6-9(14)11(7)15)16-4-3-10(12)13/h3,5-6,15H,2,4H2,1H3. The number of hydrogen-bond donors (Lipinski definition) is 1. The van der Waals surface area contributed by atoms with Crippen LogP contribution in [0.5, 0.6) is 11.5 Å². The number of aryl methyl sites for hydroxylation is 1. The lowest BCUT2D eigenvalue weighted by atomic mass is 10.1. The molecule has 0 aromatic heterocycles. The van der Waals surface area contributed by atoms with Crippen molar-refractivity contribution in [1.29, 1.82) is 0 Å². The van der Waals surface area contributed by atoms with E-state index in [-0.39, 0.29) is 16.8 Å². The average Bonchev–Trinajstić information content (AvgIpc) is 2.22. The molecule has 0 aliphatic carbocycles. The summed E-state index contributed by atoms with van der Waals surface area (Å²) in [5.74, 6) is -0.700. The molecule has 0 aliphatic heterocycles. The molecule has 0 amide bonds. The van der Waals surface area contributed by atoms with Crippen molar-refractivity contribution in [1.82, 2.24) is 0 Å². The third-order valence-corrected chi connectivity index (χ3v) is 2.29. The van der Waals surface area contributed by atoms with E-state index in [2.05, 4.69) is 0 Å². The van der Waals surface area contributed by atoms with Crippen molar-refractivity contribution >= 4 is 23.2 Å². The minimum atomic E-state index is -0.699. The maximum Gasteiger partial charge on any atom is 0.168 e. The van der Waals surface area contributed by atoms with Gasteiger partial charge in [-0.15, -0.1) is 0 Å². The number of ether oxygens (including phenoxy) is 1. The Kier molecular flexibility index (Phi) is 4.90. The molecule has 0 spiro atoms. The second kappa shape index (κ2) is 5.97. The van der Waals surface area contributed by atoms with Crippen LogP contribution in [-0.4, -0.2) is 11.7 Å². The Hall–Kier alpha value is -0.930. The predicted octanol–water partition coefficient (Wildman–Crippen LogP) is 3.79. The third kappa shape index (κ3) is 3.58. The van der Waals surface area contributed by atoms with Crippen molar-refractivity contribution in [3.8, 4) is 11.5 Å². The molecule has 0 atom stereocenters. The van der Waals surface area contributed by atoms with Crippen molar-refractivity contribution in [2.45, 2.75) is 13.3 Å². The van der Waals surface area contributed by atoms with E-state index in [9.17, 15) is 9.50 Å². The third-order valence-electron chi connectivity index (χ3n) is 1.98. The minimum Gasteiger partial charge on any atom is -0.505 e. The monoisotopic (exact) mass is 264 g/mol. The molecule has 88 valence electrons. The van der Waals surface area contributed by atoms with Gasteiger partial charge in [-0.25, -0.2) is 4.39 Å². The summed E-state index contributed by atoms with van der Waals surface area (Å²) in [5, 5.41) is 9.35. The van der Waals surface area contributed by atoms with Crippen LogP contribution in [-0.2, 0) is 6.42 Å². The normalized spacial score (nSPS) is 10.0. The molecule has 1 aromatic carbocycles. The maximum atomic E-state index is 13.2. The van der Waals surface area contributed by atoms with Crippen LogP contribution in [0.3, 0.4) is 0 Å². The Morgan fingerprint density at radius 1 is 1.50 bits per heavy atom. The van der Waals surface area contributed by atoms with Gasteiger partial charge in [-0.1, -0.05) is 30.1 Å². The maximum absolute atomic E-state index is 13.2. The summed E-state index contributed by atoms with van der Waals surface area (Å²) in [7, 11) is 0. The van der Waals surface area contributed by atoms with E-state index < -0.39 is 5.82 Å². The highest BCUT2D eigenvalue weighted by Crippen LogP contribution is 2.27. The lowest BCUT2D eigenvalue weighted by Crippen LogP contribution is -1.96. The van der Waals surface area contributed by atoms with Crippen LogP contribution in [0.1, 0.15) is 12.5 Å². The fourth-order valence-electron chi connectivity index (χ4n) is 1.18. The molecule has 0 heterocycles. The van der Waals surface area contributed by atoms with Crippen LogP contribution in [0.4, 0.5) is 4.39 Å². The summed E-state index contributed by atoms with van der Waals surface area (Å²) in [5.41, 5.74) is 0.496. The van der Waals surface area contributed by atoms with Gasteiger partial charge in [-0.3, -0.25) is 0 Å². The van der Waals surface area contributed by atoms with Crippen LogP contribution >= 0.6 is 23.2 Å². The first-order chi connectivity index (χ1) is 7.54. The van der Waals surface area contributed by atoms with Crippen LogP contribution in [0, 0.1) is 5.82 Å². The molecule has 5 heteroatoms. The molecule has 0 fully saturated rings. The molecule has 0 saturated heterocycles. The molecule has 0 radical (unpaired) electrons. The molecule has 2 nitrogen and oxygen atoms in total. The zero-order valence-electron chi connectivity index (χ0n) is 8.64. The number of phenolic OH excluding ortho intramolecular Hbond substituents is 1. The van der Waals surface area contributed by atoms with E-state index in [0.717, 1.165) is 6.07 Å². The molecule has 16 heavy (non-hydrogen) atoms. The highest BCUT2D eigenvalue weighted by molar-refractivity contribution is 6.55. The smallest absolute Gasteiger partial charge is 0.168 e. The molecular formula is C11H11Cl2FO2. The molecular weight excluding hydrogens is 254 g/mol. The Morgan fingerprint density at radius 3 is 2.75 bits per heavy atom. The van der Waals surface area contributed by atoms with E-state index in [4.69, 9.17) is 27.9 Å². The van der Waals surface area contributed by atoms with E-state index in [1.165, 1.54) is 6.08 Å². The first-order valence-electron chi connectivity index (χ1n) is 4.70. The molecule has 0 aliphatic rings. The second-order valence-electron chi connectivity index (χ2n) is 3.07. The van der Waals surface area contributed by atoms with Crippen LogP contribution in [0.2, 0.25) is 0 Å². The first-order valence-corrected chi connectivity index (χ1v) is 5.45. The summed E-state index contributed by atoms with van der Waals surface area (Å²) in [6, 6.07) is 2.69. The van der Waals surface area contributed by atoms with Crippen molar-refractivity contribution in [3.63, 3.8) is 0 Å². The quantitative estimate of drug-likeness (QED) is 0.897. The van der Waals surface area contributed by atoms with Gasteiger partial charge in [0.1, 0.15) is 16.8 Å². The topological polar surface area (TPSA) is 29.5 Å². The molecule has 1 N–H and O–H groups in total. The van der Waals surface area contributed by atoms with Crippen LogP contribution in [0.15, 0.2) is 22.7 Å². The number of rotatable bonds is 4. The average molecular weight is 265 g/mol. The zero-order valence-corrected chi connectivity index (χ0v) is 10.1. The van der Waals surface area contributed by atoms with Gasteiger partial charge in [0.15, 0.2) is 11.6 Å². The van der Waals surface area contributed by atoms with Gasteiger partial charge in [0, 0.05) is 11.6 Å². The summed E-state index contributed by atoms with van der Waals surface area (Å²) in [6.07, 6.45) is 1.96. The van der Waals surface area contributed by atoms with E-state index >= 15 is 0 Å². The van der Waals surface area contributed by atoms with E-state index in [0.29, 0.717) is 17.7 Å². The van der Waals surface area contributed by atoms with E-state index in [1.807, 2.05) is 6.92 Å². The number of aromatic hydroxyl groups is 1. The Bertz CT molecular complexity index is 401. The Balaban J connectivity index is 2.82. The van der Waals surface area contributed by atoms with Crippen LogP contribution in [0.25, 0.3) is 0 Å². The van der Waals surface area contributed by atoms with Gasteiger partial charge in [-0.2, -0.15) is 0 Å². The summed E-state index contributed by atoms with van der Waals surface area (Å²) >= 11 is 10.8. The zero-order chi connectivity index (χ0) is 12.1. The second-order valence-corrected chi connectivity index (χ2v) is 4.08. The number of hydrogen-bond acceptors (Lipinski definition) is 2. The van der Waals surface area contributed by atoms with Gasteiger partial charge in [0.2, 0.25) is 0 Å². The molecule has 1 rings (SSSR count). The lowest BCUT2D eigenvalue weighted by molar-refractivity contribution is 0.355. The number of halogens is 3. The fourth-order valence-corrected chi connectivity index (χ4v) is 1.31. The van der Waals surface area contributed by atoms with E-state index in [1.54, 1.807) is 6.07 Å². The summed E-state index contributed by atoms with van der Waals surface area (Å²) in [6.45, 7) is 1.96. The number of benzene rings is 1. The van der Waals surface area contributed by atoms with Crippen molar-refractivity contribution in [3.05, 3.63) is 34.1 Å². The Labute approximate surface area is 103 Å². The molecule has 0 unspecified atom stereocenters. The number of phenols is 1. The first kappa shape index (κ1) is 13.1. The predicted molar refractivity (Wildman–Crippen MR) is 62.7 cm³/mol. The fraction of sp³-hybridized carbons (Fsp3) is 0.273. The van der Waals surface area contributed by atoms with Crippen molar-refractivity contribution in [2.75, 3.05) is 6.61 Å².